The average molecular weight is 493 g/mol. The molecule has 1 unspecified atom stereocenters. The highest BCUT2D eigenvalue weighted by molar-refractivity contribution is 5.95. The van der Waals surface area contributed by atoms with Gasteiger partial charge in [0.1, 0.15) is 11.5 Å². The van der Waals surface area contributed by atoms with Crippen molar-refractivity contribution in [3.63, 3.8) is 0 Å². The number of aliphatic hydroxyl groups is 1. The molecule has 0 amide bonds. The van der Waals surface area contributed by atoms with E-state index in [1.54, 1.807) is 0 Å². The molecule has 7 nitrogen and oxygen atoms in total. The molecule has 1 saturated heterocycles. The predicted octanol–water partition coefficient (Wildman–Crippen LogP) is 5.79. The quantitative estimate of drug-likeness (QED) is 0.412. The molecule has 7 heteroatoms. The number of rotatable bonds is 8. The first-order valence-electron chi connectivity index (χ1n) is 12.9. The molecule has 36 heavy (non-hydrogen) atoms. The van der Waals surface area contributed by atoms with E-state index in [1.807, 2.05) is 49.4 Å². The molecule has 0 radical (unpaired) electrons. The molecule has 1 aromatic heterocycles. The standard InChI is InChI=1S/C29H40N4O3/c1-20(19-34)14-17-36-22-10-8-21-9-11-23(27(35)24(21)18-22)25-12-13-26(31-30-25)32(6)33-28(2,3)15-7-16-29(33,4)5/h8-13,18,20,34-35H,7,14-17,19H2,1-6H3. The van der Waals surface area contributed by atoms with Gasteiger partial charge in [-0.25, -0.2) is 5.01 Å². The van der Waals surface area contributed by atoms with Crippen molar-refractivity contribution in [2.45, 2.75) is 71.4 Å². The maximum absolute atomic E-state index is 11.1. The Kier molecular flexibility index (Phi) is 7.43. The molecule has 0 saturated carbocycles. The Labute approximate surface area is 214 Å². The first kappa shape index (κ1) is 26.2. The average Bonchev–Trinajstić information content (AvgIpc) is 2.83. The monoisotopic (exact) mass is 492 g/mol. The first-order chi connectivity index (χ1) is 17.0. The van der Waals surface area contributed by atoms with Gasteiger partial charge in [0, 0.05) is 35.7 Å². The lowest BCUT2D eigenvalue weighted by atomic mass is 9.81. The van der Waals surface area contributed by atoms with Gasteiger partial charge in [-0.05, 0) is 95.0 Å². The van der Waals surface area contributed by atoms with Crippen molar-refractivity contribution in [3.05, 3.63) is 42.5 Å². The Hall–Kier alpha value is -2.90. The molecule has 0 aliphatic carbocycles. The number of ether oxygens (including phenoxy) is 1. The molecule has 2 aromatic carbocycles. The van der Waals surface area contributed by atoms with Crippen LogP contribution in [0.25, 0.3) is 22.0 Å². The van der Waals surface area contributed by atoms with Crippen molar-refractivity contribution in [1.29, 1.82) is 0 Å². The third-order valence-electron chi connectivity index (χ3n) is 7.44. The van der Waals surface area contributed by atoms with Gasteiger partial charge in [0.05, 0.1) is 12.3 Å². The number of aromatic nitrogens is 2. The van der Waals surface area contributed by atoms with Crippen molar-refractivity contribution in [1.82, 2.24) is 15.2 Å². The molecular weight excluding hydrogens is 452 g/mol. The van der Waals surface area contributed by atoms with E-state index in [0.29, 0.717) is 29.0 Å². The smallest absolute Gasteiger partial charge is 0.165 e. The van der Waals surface area contributed by atoms with Gasteiger partial charge in [-0.15, -0.1) is 10.2 Å². The van der Waals surface area contributed by atoms with Crippen LogP contribution < -0.4 is 9.75 Å². The molecule has 2 N–H and O–H groups in total. The van der Waals surface area contributed by atoms with Gasteiger partial charge in [-0.3, -0.25) is 5.01 Å². The fraction of sp³-hybridized carbons (Fsp3) is 0.517. The van der Waals surface area contributed by atoms with Crippen LogP contribution in [0, 0.1) is 5.92 Å². The van der Waals surface area contributed by atoms with E-state index in [0.717, 1.165) is 30.5 Å². The number of hydrogen-bond acceptors (Lipinski definition) is 7. The molecule has 3 aromatic rings. The third-order valence-corrected chi connectivity index (χ3v) is 7.44. The Morgan fingerprint density at radius 3 is 2.36 bits per heavy atom. The summed E-state index contributed by atoms with van der Waals surface area (Å²) in [4.78, 5) is 0. The van der Waals surface area contributed by atoms with E-state index >= 15 is 0 Å². The second-order valence-electron chi connectivity index (χ2n) is 11.4. The van der Waals surface area contributed by atoms with Crippen LogP contribution in [0.3, 0.4) is 0 Å². The highest BCUT2D eigenvalue weighted by Crippen LogP contribution is 2.41. The summed E-state index contributed by atoms with van der Waals surface area (Å²) < 4.78 is 5.86. The molecule has 1 fully saturated rings. The van der Waals surface area contributed by atoms with Crippen molar-refractivity contribution < 1.29 is 14.9 Å². The number of anilines is 1. The number of aliphatic hydroxyl groups excluding tert-OH is 1. The minimum absolute atomic E-state index is 0.0172. The van der Waals surface area contributed by atoms with Crippen molar-refractivity contribution in [2.75, 3.05) is 25.3 Å². The van der Waals surface area contributed by atoms with E-state index < -0.39 is 0 Å². The number of piperidine rings is 1. The fourth-order valence-electron chi connectivity index (χ4n) is 5.59. The second-order valence-corrected chi connectivity index (χ2v) is 11.4. The molecular formula is C29H40N4O3. The largest absolute Gasteiger partial charge is 0.507 e. The van der Waals surface area contributed by atoms with Crippen molar-refractivity contribution >= 4 is 16.6 Å². The minimum atomic E-state index is 0.0172. The maximum atomic E-state index is 11.1. The summed E-state index contributed by atoms with van der Waals surface area (Å²) in [6.45, 7) is 11.8. The third kappa shape index (κ3) is 5.27. The molecule has 4 rings (SSSR count). The van der Waals surface area contributed by atoms with Crippen molar-refractivity contribution in [3.8, 4) is 22.8 Å². The number of benzene rings is 2. The molecule has 1 atom stereocenters. The number of hydrogen-bond donors (Lipinski definition) is 2. The van der Waals surface area contributed by atoms with E-state index in [9.17, 15) is 10.2 Å². The number of hydrazine groups is 1. The predicted molar refractivity (Wildman–Crippen MR) is 145 cm³/mol. The van der Waals surface area contributed by atoms with Gasteiger partial charge < -0.3 is 14.9 Å². The maximum Gasteiger partial charge on any atom is 0.165 e. The van der Waals surface area contributed by atoms with Gasteiger partial charge >= 0.3 is 0 Å². The summed E-state index contributed by atoms with van der Waals surface area (Å²) in [5, 5.41) is 35.5. The van der Waals surface area contributed by atoms with Crippen LogP contribution in [0.5, 0.6) is 11.5 Å². The van der Waals surface area contributed by atoms with Crippen LogP contribution in [0.4, 0.5) is 5.82 Å². The van der Waals surface area contributed by atoms with Crippen LogP contribution in [0.1, 0.15) is 60.3 Å². The van der Waals surface area contributed by atoms with E-state index in [2.05, 4.69) is 55.0 Å². The molecule has 1 aliphatic heterocycles. The summed E-state index contributed by atoms with van der Waals surface area (Å²) in [6.07, 6.45) is 4.24. The summed E-state index contributed by atoms with van der Waals surface area (Å²) >= 11 is 0. The molecule has 194 valence electrons. The highest BCUT2D eigenvalue weighted by atomic mass is 16.5. The lowest BCUT2D eigenvalue weighted by molar-refractivity contribution is -0.0332. The van der Waals surface area contributed by atoms with E-state index in [4.69, 9.17) is 4.74 Å². The Balaban J connectivity index is 1.58. The first-order valence-corrected chi connectivity index (χ1v) is 12.9. The van der Waals surface area contributed by atoms with Crippen LogP contribution in [-0.4, -0.2) is 56.8 Å². The highest BCUT2D eigenvalue weighted by Gasteiger charge is 2.44. The summed E-state index contributed by atoms with van der Waals surface area (Å²) in [5.41, 5.74) is 1.29. The molecule has 1 aliphatic rings. The molecule has 0 spiro atoms. The van der Waals surface area contributed by atoms with Gasteiger partial charge in [-0.1, -0.05) is 19.1 Å². The number of aromatic hydroxyl groups is 1. The number of phenols is 1. The minimum Gasteiger partial charge on any atom is -0.507 e. The summed E-state index contributed by atoms with van der Waals surface area (Å²) in [5.74, 6) is 1.82. The zero-order chi connectivity index (χ0) is 26.1. The van der Waals surface area contributed by atoms with Crippen LogP contribution in [0.2, 0.25) is 0 Å². The molecule has 0 bridgehead atoms. The number of nitrogens with zero attached hydrogens (tertiary/aromatic N) is 4. The number of phenolic OH excluding ortho intramolecular Hbond substituents is 1. The summed E-state index contributed by atoms with van der Waals surface area (Å²) in [6, 6.07) is 13.4. The normalized spacial score (nSPS) is 18.2. The van der Waals surface area contributed by atoms with Crippen LogP contribution >= 0.6 is 0 Å². The lowest BCUT2D eigenvalue weighted by Crippen LogP contribution is -2.64. The van der Waals surface area contributed by atoms with E-state index in [-0.39, 0.29) is 29.4 Å². The number of fused-ring (bicyclic) bond motifs is 1. The lowest BCUT2D eigenvalue weighted by Gasteiger charge is -2.56. The Morgan fingerprint density at radius 2 is 1.72 bits per heavy atom. The zero-order valence-electron chi connectivity index (χ0n) is 22.5. The van der Waals surface area contributed by atoms with E-state index in [1.165, 1.54) is 6.42 Å². The molecule has 2 heterocycles. The van der Waals surface area contributed by atoms with Gasteiger partial charge in [0.2, 0.25) is 0 Å². The van der Waals surface area contributed by atoms with Crippen LogP contribution in [-0.2, 0) is 0 Å². The van der Waals surface area contributed by atoms with Gasteiger partial charge in [0.25, 0.3) is 0 Å². The Bertz CT molecular complexity index is 1180. The van der Waals surface area contributed by atoms with Gasteiger partial charge in [-0.2, -0.15) is 0 Å². The fourth-order valence-corrected chi connectivity index (χ4v) is 5.59. The van der Waals surface area contributed by atoms with Crippen molar-refractivity contribution in [2.24, 2.45) is 5.92 Å². The summed E-state index contributed by atoms with van der Waals surface area (Å²) in [7, 11) is 2.05. The van der Waals surface area contributed by atoms with Crippen LogP contribution in [0.15, 0.2) is 42.5 Å². The Morgan fingerprint density at radius 1 is 1.03 bits per heavy atom. The zero-order valence-corrected chi connectivity index (χ0v) is 22.5. The second kappa shape index (κ2) is 10.2. The SMILES string of the molecule is CC(CO)CCOc1ccc2ccc(-c3ccc(N(C)N4C(C)(C)CCCC4(C)C)nn3)c(O)c2c1. The topological polar surface area (TPSA) is 82.0 Å². The van der Waals surface area contributed by atoms with Gasteiger partial charge in [0.15, 0.2) is 5.82 Å².